The first-order chi connectivity index (χ1) is 9.63. The number of aliphatic carboxylic acids is 1. The average molecular weight is 282 g/mol. The van der Waals surface area contributed by atoms with Crippen molar-refractivity contribution in [2.24, 2.45) is 5.92 Å². The monoisotopic (exact) mass is 282 g/mol. The van der Waals surface area contributed by atoms with E-state index in [1.165, 1.54) is 25.7 Å². The number of hydrogen-bond acceptors (Lipinski definition) is 3. The molecule has 0 radical (unpaired) electrons. The van der Waals surface area contributed by atoms with Crippen molar-refractivity contribution in [1.29, 1.82) is 0 Å². The molecule has 1 saturated carbocycles. The number of piperidine rings is 1. The maximum Gasteiger partial charge on any atom is 0.308 e. The third kappa shape index (κ3) is 3.73. The Balaban J connectivity index is 1.98. The van der Waals surface area contributed by atoms with Crippen molar-refractivity contribution in [2.75, 3.05) is 26.7 Å². The van der Waals surface area contributed by atoms with Crippen LogP contribution in [0, 0.1) is 5.92 Å². The lowest BCUT2D eigenvalue weighted by atomic mass is 9.91. The smallest absolute Gasteiger partial charge is 0.308 e. The highest BCUT2D eigenvalue weighted by atomic mass is 16.4. The minimum Gasteiger partial charge on any atom is -0.481 e. The summed E-state index contributed by atoms with van der Waals surface area (Å²) in [4.78, 5) is 16.5. The fourth-order valence-electron chi connectivity index (χ4n) is 3.98. The van der Waals surface area contributed by atoms with Crippen LogP contribution in [0.5, 0.6) is 0 Å². The van der Waals surface area contributed by atoms with Gasteiger partial charge in [0.1, 0.15) is 0 Å². The molecule has 0 aromatic carbocycles. The number of carbonyl (C=O) groups is 1. The molecule has 4 heteroatoms. The summed E-state index contributed by atoms with van der Waals surface area (Å²) in [6.45, 7) is 5.68. The van der Waals surface area contributed by atoms with Crippen molar-refractivity contribution in [3.05, 3.63) is 0 Å². The first-order valence-electron chi connectivity index (χ1n) is 8.30. The third-order valence-electron chi connectivity index (χ3n) is 5.40. The SMILES string of the molecule is CCN1CCC(N(C)C2CCCCCC2C(=O)O)CC1. The third-order valence-corrected chi connectivity index (χ3v) is 5.40. The number of carboxylic acids is 1. The van der Waals surface area contributed by atoms with Crippen LogP contribution < -0.4 is 0 Å². The first kappa shape index (κ1) is 15.8. The van der Waals surface area contributed by atoms with E-state index in [-0.39, 0.29) is 12.0 Å². The molecule has 1 N–H and O–H groups in total. The maximum absolute atomic E-state index is 11.6. The minimum atomic E-state index is -0.588. The van der Waals surface area contributed by atoms with E-state index in [1.54, 1.807) is 0 Å². The Morgan fingerprint density at radius 3 is 2.40 bits per heavy atom. The van der Waals surface area contributed by atoms with Crippen LogP contribution in [0.1, 0.15) is 51.9 Å². The van der Waals surface area contributed by atoms with Gasteiger partial charge in [0.05, 0.1) is 5.92 Å². The highest BCUT2D eigenvalue weighted by Gasteiger charge is 2.35. The number of nitrogens with zero attached hydrogens (tertiary/aromatic N) is 2. The summed E-state index contributed by atoms with van der Waals surface area (Å²) in [7, 11) is 2.16. The highest BCUT2D eigenvalue weighted by molar-refractivity contribution is 5.70. The molecule has 20 heavy (non-hydrogen) atoms. The fraction of sp³-hybridized carbons (Fsp3) is 0.938. The summed E-state index contributed by atoms with van der Waals surface area (Å²) in [5.74, 6) is -0.749. The summed E-state index contributed by atoms with van der Waals surface area (Å²) in [5.41, 5.74) is 0. The largest absolute Gasteiger partial charge is 0.481 e. The molecule has 2 unspecified atom stereocenters. The molecule has 2 atom stereocenters. The minimum absolute atomic E-state index is 0.160. The topological polar surface area (TPSA) is 43.8 Å². The van der Waals surface area contributed by atoms with Gasteiger partial charge >= 0.3 is 5.97 Å². The Kier molecular flexibility index (Phi) is 5.85. The van der Waals surface area contributed by atoms with Gasteiger partial charge < -0.3 is 10.0 Å². The van der Waals surface area contributed by atoms with Gasteiger partial charge in [-0.25, -0.2) is 0 Å². The Morgan fingerprint density at radius 2 is 1.80 bits per heavy atom. The molecule has 2 fully saturated rings. The zero-order chi connectivity index (χ0) is 14.5. The van der Waals surface area contributed by atoms with Gasteiger partial charge in [-0.1, -0.05) is 26.2 Å². The summed E-state index contributed by atoms with van der Waals surface area (Å²) < 4.78 is 0. The van der Waals surface area contributed by atoms with Crippen LogP contribution in [-0.4, -0.2) is 59.6 Å². The van der Waals surface area contributed by atoms with E-state index in [0.29, 0.717) is 6.04 Å². The maximum atomic E-state index is 11.6. The van der Waals surface area contributed by atoms with Crippen LogP contribution in [0.2, 0.25) is 0 Å². The van der Waals surface area contributed by atoms with Crippen LogP contribution in [0.4, 0.5) is 0 Å². The standard InChI is InChI=1S/C16H30N2O2/c1-3-18-11-9-13(10-12-18)17(2)15-8-6-4-5-7-14(15)16(19)20/h13-15H,3-12H2,1-2H3,(H,19,20). The molecule has 0 aromatic heterocycles. The van der Waals surface area contributed by atoms with Crippen molar-refractivity contribution < 1.29 is 9.90 Å². The van der Waals surface area contributed by atoms with Crippen molar-refractivity contribution in [2.45, 2.75) is 64.0 Å². The number of rotatable bonds is 4. The Bertz CT molecular complexity index is 314. The van der Waals surface area contributed by atoms with Gasteiger partial charge in [-0.2, -0.15) is 0 Å². The molecule has 4 nitrogen and oxygen atoms in total. The molecule has 0 bridgehead atoms. The fourth-order valence-corrected chi connectivity index (χ4v) is 3.98. The van der Waals surface area contributed by atoms with Crippen molar-refractivity contribution in [3.63, 3.8) is 0 Å². The van der Waals surface area contributed by atoms with E-state index in [2.05, 4.69) is 23.8 Å². The van der Waals surface area contributed by atoms with Crippen molar-refractivity contribution in [1.82, 2.24) is 9.80 Å². The molecular formula is C16H30N2O2. The van der Waals surface area contributed by atoms with Gasteiger partial charge in [-0.05, 0) is 52.4 Å². The van der Waals surface area contributed by atoms with Gasteiger partial charge in [0.2, 0.25) is 0 Å². The van der Waals surface area contributed by atoms with E-state index >= 15 is 0 Å². The molecule has 2 aliphatic rings. The molecule has 1 aliphatic carbocycles. The van der Waals surface area contributed by atoms with E-state index in [4.69, 9.17) is 0 Å². The molecule has 0 aromatic rings. The number of hydrogen-bond donors (Lipinski definition) is 1. The zero-order valence-electron chi connectivity index (χ0n) is 13.1. The van der Waals surface area contributed by atoms with Crippen molar-refractivity contribution in [3.8, 4) is 0 Å². The van der Waals surface area contributed by atoms with Crippen LogP contribution in [-0.2, 0) is 4.79 Å². The molecule has 1 saturated heterocycles. The predicted molar refractivity (Wildman–Crippen MR) is 80.9 cm³/mol. The molecule has 116 valence electrons. The van der Waals surface area contributed by atoms with E-state index < -0.39 is 5.97 Å². The number of carboxylic acid groups (broad SMARTS) is 1. The Labute approximate surface area is 123 Å². The van der Waals surface area contributed by atoms with E-state index in [1.807, 2.05) is 0 Å². The summed E-state index contributed by atoms with van der Waals surface area (Å²) >= 11 is 0. The highest BCUT2D eigenvalue weighted by Crippen LogP contribution is 2.30. The van der Waals surface area contributed by atoms with Crippen LogP contribution in [0.25, 0.3) is 0 Å². The summed E-state index contributed by atoms with van der Waals surface area (Å²) in [5, 5.41) is 9.53. The molecule has 0 spiro atoms. The van der Waals surface area contributed by atoms with Crippen LogP contribution >= 0.6 is 0 Å². The lowest BCUT2D eigenvalue weighted by Crippen LogP contribution is -2.50. The predicted octanol–water partition coefficient (Wildman–Crippen LogP) is 2.44. The Hall–Kier alpha value is -0.610. The molecular weight excluding hydrogens is 252 g/mol. The van der Waals surface area contributed by atoms with Crippen molar-refractivity contribution >= 4 is 5.97 Å². The van der Waals surface area contributed by atoms with E-state index in [0.717, 1.165) is 38.9 Å². The molecule has 2 rings (SSSR count). The van der Waals surface area contributed by atoms with E-state index in [9.17, 15) is 9.90 Å². The lowest BCUT2D eigenvalue weighted by Gasteiger charge is -2.41. The molecule has 0 amide bonds. The van der Waals surface area contributed by atoms with Crippen LogP contribution in [0.15, 0.2) is 0 Å². The first-order valence-corrected chi connectivity index (χ1v) is 8.30. The average Bonchev–Trinajstić information content (AvgIpc) is 2.72. The number of likely N-dealkylation sites (tertiary alicyclic amines) is 1. The van der Waals surface area contributed by atoms with Gasteiger partial charge in [-0.15, -0.1) is 0 Å². The van der Waals surface area contributed by atoms with Crippen LogP contribution in [0.3, 0.4) is 0 Å². The van der Waals surface area contributed by atoms with Gasteiger partial charge in [0.25, 0.3) is 0 Å². The van der Waals surface area contributed by atoms with Gasteiger partial charge in [0.15, 0.2) is 0 Å². The second kappa shape index (κ2) is 7.41. The van der Waals surface area contributed by atoms with Gasteiger partial charge in [-0.3, -0.25) is 9.69 Å². The molecule has 1 aliphatic heterocycles. The molecule has 1 heterocycles. The lowest BCUT2D eigenvalue weighted by molar-refractivity contribution is -0.144. The summed E-state index contributed by atoms with van der Waals surface area (Å²) in [6.07, 6.45) is 7.75. The quantitative estimate of drug-likeness (QED) is 0.804. The zero-order valence-corrected chi connectivity index (χ0v) is 13.1. The second-order valence-electron chi connectivity index (χ2n) is 6.48. The second-order valence-corrected chi connectivity index (χ2v) is 6.48. The Morgan fingerprint density at radius 1 is 1.15 bits per heavy atom. The summed E-state index contributed by atoms with van der Waals surface area (Å²) in [6, 6.07) is 0.816. The normalized spacial score (nSPS) is 30.4. The van der Waals surface area contributed by atoms with Gasteiger partial charge in [0, 0.05) is 12.1 Å².